The van der Waals surface area contributed by atoms with Crippen LogP contribution in [0.15, 0.2) is 12.1 Å². The molecule has 1 aromatic rings. The molecule has 0 saturated carbocycles. The molecule has 1 aromatic carbocycles. The molecule has 0 fully saturated rings. The van der Waals surface area contributed by atoms with Gasteiger partial charge in [0, 0.05) is 17.1 Å². The number of halogens is 1. The highest BCUT2D eigenvalue weighted by Gasteiger charge is 2.17. The Bertz CT molecular complexity index is 396. The molecule has 1 N–H and O–H groups in total. The smallest absolute Gasteiger partial charge is 0.162 e. The van der Waals surface area contributed by atoms with Gasteiger partial charge in [-0.15, -0.1) is 0 Å². The first kappa shape index (κ1) is 16.1. The number of nitrogens with one attached hydrogen (secondary N) is 1. The molecule has 0 heterocycles. The van der Waals surface area contributed by atoms with E-state index in [4.69, 9.17) is 21.1 Å². The second-order valence-electron chi connectivity index (χ2n) is 4.48. The second-order valence-corrected chi connectivity index (χ2v) is 4.89. The van der Waals surface area contributed by atoms with E-state index in [0.29, 0.717) is 5.75 Å². The van der Waals surface area contributed by atoms with Crippen LogP contribution in [0, 0.1) is 0 Å². The molecule has 0 bridgehead atoms. The summed E-state index contributed by atoms with van der Waals surface area (Å²) in [5.74, 6) is 1.39. The van der Waals surface area contributed by atoms with E-state index in [1.165, 1.54) is 12.8 Å². The fraction of sp³-hybridized carbons (Fsp3) is 0.600. The molecule has 0 spiro atoms. The van der Waals surface area contributed by atoms with Gasteiger partial charge in [0.1, 0.15) is 0 Å². The van der Waals surface area contributed by atoms with Crippen LogP contribution < -0.4 is 14.8 Å². The van der Waals surface area contributed by atoms with Crippen LogP contribution in [0.4, 0.5) is 0 Å². The molecule has 3 nitrogen and oxygen atoms in total. The van der Waals surface area contributed by atoms with E-state index < -0.39 is 0 Å². The number of unbranched alkanes of at least 4 members (excludes halogenated alkanes) is 1. The summed E-state index contributed by atoms with van der Waals surface area (Å²) in [6.45, 7) is 5.21. The van der Waals surface area contributed by atoms with Gasteiger partial charge in [-0.1, -0.05) is 38.3 Å². The Kier molecular flexibility index (Phi) is 7.03. The Morgan fingerprint density at radius 2 is 1.79 bits per heavy atom. The SMILES string of the molecule is CCCCC(NCC)c1cc(OC)c(OC)cc1Cl. The fourth-order valence-corrected chi connectivity index (χ4v) is 2.44. The lowest BCUT2D eigenvalue weighted by Crippen LogP contribution is -2.21. The topological polar surface area (TPSA) is 30.5 Å². The minimum absolute atomic E-state index is 0.261. The normalized spacial score (nSPS) is 12.3. The Balaban J connectivity index is 3.07. The van der Waals surface area contributed by atoms with Crippen LogP contribution >= 0.6 is 11.6 Å². The zero-order valence-electron chi connectivity index (χ0n) is 12.3. The monoisotopic (exact) mass is 285 g/mol. The molecule has 0 amide bonds. The Morgan fingerprint density at radius 3 is 2.32 bits per heavy atom. The lowest BCUT2D eigenvalue weighted by Gasteiger charge is -2.21. The quantitative estimate of drug-likeness (QED) is 0.776. The molecule has 1 unspecified atom stereocenters. The molecule has 0 aliphatic heterocycles. The van der Waals surface area contributed by atoms with Crippen LogP contribution in [-0.4, -0.2) is 20.8 Å². The molecule has 0 aromatic heterocycles. The first-order chi connectivity index (χ1) is 9.17. The van der Waals surface area contributed by atoms with Crippen molar-refractivity contribution >= 4 is 11.6 Å². The lowest BCUT2D eigenvalue weighted by atomic mass is 10.0. The molecule has 19 heavy (non-hydrogen) atoms. The van der Waals surface area contributed by atoms with E-state index in [0.717, 1.165) is 29.3 Å². The summed E-state index contributed by atoms with van der Waals surface area (Å²) in [5.41, 5.74) is 1.08. The van der Waals surface area contributed by atoms with E-state index in [1.54, 1.807) is 14.2 Å². The van der Waals surface area contributed by atoms with Gasteiger partial charge in [0.25, 0.3) is 0 Å². The van der Waals surface area contributed by atoms with Crippen LogP contribution in [0.2, 0.25) is 5.02 Å². The number of rotatable bonds is 8. The number of hydrogen-bond donors (Lipinski definition) is 1. The maximum absolute atomic E-state index is 6.37. The summed E-state index contributed by atoms with van der Waals surface area (Å²) in [6.07, 6.45) is 3.41. The van der Waals surface area contributed by atoms with Gasteiger partial charge in [-0.25, -0.2) is 0 Å². The van der Waals surface area contributed by atoms with Crippen molar-refractivity contribution in [1.82, 2.24) is 5.32 Å². The van der Waals surface area contributed by atoms with Crippen LogP contribution in [0.3, 0.4) is 0 Å². The largest absolute Gasteiger partial charge is 0.493 e. The van der Waals surface area contributed by atoms with Crippen LogP contribution in [-0.2, 0) is 0 Å². The fourth-order valence-electron chi connectivity index (χ4n) is 2.16. The number of hydrogen-bond acceptors (Lipinski definition) is 3. The predicted molar refractivity (Wildman–Crippen MR) is 80.5 cm³/mol. The van der Waals surface area contributed by atoms with E-state index in [9.17, 15) is 0 Å². The zero-order valence-corrected chi connectivity index (χ0v) is 13.0. The third kappa shape index (κ3) is 4.29. The minimum atomic E-state index is 0.261. The van der Waals surface area contributed by atoms with Crippen molar-refractivity contribution in [2.45, 2.75) is 39.2 Å². The maximum Gasteiger partial charge on any atom is 0.162 e. The van der Waals surface area contributed by atoms with E-state index in [-0.39, 0.29) is 6.04 Å². The van der Waals surface area contributed by atoms with Crippen molar-refractivity contribution in [1.29, 1.82) is 0 Å². The van der Waals surface area contributed by atoms with Gasteiger partial charge < -0.3 is 14.8 Å². The molecule has 1 rings (SSSR count). The van der Waals surface area contributed by atoms with E-state index >= 15 is 0 Å². The number of ether oxygens (including phenoxy) is 2. The number of benzene rings is 1. The van der Waals surface area contributed by atoms with Crippen molar-refractivity contribution in [3.05, 3.63) is 22.7 Å². The second kappa shape index (κ2) is 8.28. The molecule has 0 aliphatic rings. The molecule has 4 heteroatoms. The van der Waals surface area contributed by atoms with E-state index in [2.05, 4.69) is 19.2 Å². The van der Waals surface area contributed by atoms with Crippen LogP contribution in [0.1, 0.15) is 44.7 Å². The van der Waals surface area contributed by atoms with Gasteiger partial charge in [0.2, 0.25) is 0 Å². The summed E-state index contributed by atoms with van der Waals surface area (Å²) in [7, 11) is 3.26. The third-order valence-corrected chi connectivity index (χ3v) is 3.50. The van der Waals surface area contributed by atoms with Gasteiger partial charge in [-0.3, -0.25) is 0 Å². The molecule has 108 valence electrons. The van der Waals surface area contributed by atoms with Gasteiger partial charge in [0.15, 0.2) is 11.5 Å². The molecule has 0 aliphatic carbocycles. The van der Waals surface area contributed by atoms with Gasteiger partial charge >= 0.3 is 0 Å². The minimum Gasteiger partial charge on any atom is -0.493 e. The summed E-state index contributed by atoms with van der Waals surface area (Å²) < 4.78 is 10.6. The number of methoxy groups -OCH3 is 2. The predicted octanol–water partition coefficient (Wildman–Crippen LogP) is 4.20. The first-order valence-corrected chi connectivity index (χ1v) is 7.20. The van der Waals surface area contributed by atoms with Crippen molar-refractivity contribution in [3.8, 4) is 11.5 Å². The third-order valence-electron chi connectivity index (χ3n) is 3.18. The zero-order chi connectivity index (χ0) is 14.3. The van der Waals surface area contributed by atoms with Crippen molar-refractivity contribution < 1.29 is 9.47 Å². The Labute approximate surface area is 121 Å². The summed E-state index contributed by atoms with van der Waals surface area (Å²) in [6, 6.07) is 4.06. The first-order valence-electron chi connectivity index (χ1n) is 6.82. The van der Waals surface area contributed by atoms with Gasteiger partial charge in [-0.05, 0) is 24.6 Å². The van der Waals surface area contributed by atoms with Crippen molar-refractivity contribution in [3.63, 3.8) is 0 Å². The Hall–Kier alpha value is -0.930. The highest BCUT2D eigenvalue weighted by atomic mass is 35.5. The lowest BCUT2D eigenvalue weighted by molar-refractivity contribution is 0.353. The highest BCUT2D eigenvalue weighted by Crippen LogP contribution is 2.37. The maximum atomic E-state index is 6.37. The average Bonchev–Trinajstić information content (AvgIpc) is 2.43. The van der Waals surface area contributed by atoms with Crippen LogP contribution in [0.25, 0.3) is 0 Å². The molecule has 1 atom stereocenters. The van der Waals surface area contributed by atoms with Crippen molar-refractivity contribution in [2.24, 2.45) is 0 Å². The average molecular weight is 286 g/mol. The molecule has 0 radical (unpaired) electrons. The standard InChI is InChI=1S/C15H24ClNO2/c1-5-7-8-13(17-6-2)11-9-14(18-3)15(19-4)10-12(11)16/h9-10,13,17H,5-8H2,1-4H3. The van der Waals surface area contributed by atoms with Gasteiger partial charge in [0.05, 0.1) is 14.2 Å². The summed E-state index contributed by atoms with van der Waals surface area (Å²) in [5, 5.41) is 4.20. The van der Waals surface area contributed by atoms with Gasteiger partial charge in [-0.2, -0.15) is 0 Å². The molecular formula is C15H24ClNO2. The molecular weight excluding hydrogens is 262 g/mol. The molecule has 0 saturated heterocycles. The van der Waals surface area contributed by atoms with Crippen molar-refractivity contribution in [2.75, 3.05) is 20.8 Å². The summed E-state index contributed by atoms with van der Waals surface area (Å²) >= 11 is 6.37. The van der Waals surface area contributed by atoms with Crippen LogP contribution in [0.5, 0.6) is 11.5 Å². The summed E-state index contributed by atoms with van der Waals surface area (Å²) in [4.78, 5) is 0. The highest BCUT2D eigenvalue weighted by molar-refractivity contribution is 6.31. The van der Waals surface area contributed by atoms with E-state index in [1.807, 2.05) is 12.1 Å². The Morgan fingerprint density at radius 1 is 1.16 bits per heavy atom.